The molecule has 1 fully saturated rings. The average molecular weight is 848 g/mol. The fraction of sp³-hybridized carbons (Fsp3) is 0.429. The molecular formula is C49H57N3O6S2. The summed E-state index contributed by atoms with van der Waals surface area (Å²) in [5.41, 5.74) is 19.9. The standard InChI is InChI=1S/C49H57N3O6S2/c1-31(53)5-2-3-18-49-19-14-34(28-49)29-59-60-30-36-26-39-35(25-40(36)48(50)51)6-4-7-43-38(16-21-52-43)46(57)27-41(39)42-23-33(9-12-44(42)55)17-22-58-47-24-32(10-13-45(47)56)8-11-37(54)15-20-49/h9-10,12-13,15-16,20-21,23-26,31,34,41,48,52-53,55-56H,2-3,5,7-8,11,14,17-19,22,27-30,50-51H2,1H3/b20-15+/t31-,34+,41-,49+/m0/s1. The average Bonchev–Trinajstić information content (AvgIpc) is 3.87. The van der Waals surface area contributed by atoms with Crippen LogP contribution in [-0.2, 0) is 29.8 Å². The van der Waals surface area contributed by atoms with Gasteiger partial charge in [-0.05, 0) is 121 Å². The quantitative estimate of drug-likeness (QED) is 0.0476. The Morgan fingerprint density at radius 3 is 2.60 bits per heavy atom. The van der Waals surface area contributed by atoms with Crippen LogP contribution in [0.25, 0.3) is 0 Å². The topological polar surface area (TPSA) is 172 Å². The molecule has 0 radical (unpaired) electrons. The van der Waals surface area contributed by atoms with E-state index in [0.717, 1.165) is 89.8 Å². The van der Waals surface area contributed by atoms with Gasteiger partial charge in [0.05, 0.1) is 25.3 Å². The number of aliphatic hydroxyl groups is 1. The van der Waals surface area contributed by atoms with Crippen molar-refractivity contribution in [2.24, 2.45) is 22.8 Å². The van der Waals surface area contributed by atoms with Gasteiger partial charge in [0.15, 0.2) is 23.1 Å². The number of phenolic OH excluding ortho intramolecular Hbond substituents is 2. The van der Waals surface area contributed by atoms with Crippen LogP contribution in [0, 0.1) is 23.2 Å². The van der Waals surface area contributed by atoms with Gasteiger partial charge in [0.1, 0.15) is 5.75 Å². The van der Waals surface area contributed by atoms with Crippen molar-refractivity contribution in [3.05, 3.63) is 123 Å². The van der Waals surface area contributed by atoms with E-state index in [1.54, 1.807) is 47.3 Å². The highest BCUT2D eigenvalue weighted by atomic mass is 33.1. The fourth-order valence-corrected chi connectivity index (χ4v) is 11.6. The molecule has 3 aliphatic rings. The van der Waals surface area contributed by atoms with Gasteiger partial charge in [0.25, 0.3) is 0 Å². The number of phenols is 2. The van der Waals surface area contributed by atoms with Gasteiger partial charge in [-0.25, -0.2) is 0 Å². The van der Waals surface area contributed by atoms with Gasteiger partial charge < -0.3 is 36.5 Å². The van der Waals surface area contributed by atoms with Gasteiger partial charge in [0.2, 0.25) is 0 Å². The van der Waals surface area contributed by atoms with E-state index in [1.807, 2.05) is 42.0 Å². The number of allylic oxidation sites excluding steroid dienone is 2. The number of aryl methyl sites for hydroxylation is 1. The van der Waals surface area contributed by atoms with Crippen molar-refractivity contribution < 1.29 is 29.6 Å². The maximum absolute atomic E-state index is 14.1. The summed E-state index contributed by atoms with van der Waals surface area (Å²) in [6, 6.07) is 16.6. The summed E-state index contributed by atoms with van der Waals surface area (Å²) in [6.45, 7) is 2.08. The third-order valence-corrected chi connectivity index (χ3v) is 14.8. The third-order valence-electron chi connectivity index (χ3n) is 12.4. The van der Waals surface area contributed by atoms with E-state index >= 15 is 0 Å². The van der Waals surface area contributed by atoms with Crippen LogP contribution in [0.15, 0.2) is 72.9 Å². The fourth-order valence-electron chi connectivity index (χ4n) is 9.04. The Morgan fingerprint density at radius 2 is 1.78 bits per heavy atom. The van der Waals surface area contributed by atoms with Crippen molar-refractivity contribution >= 4 is 33.2 Å². The first kappa shape index (κ1) is 43.6. The van der Waals surface area contributed by atoms with E-state index < -0.39 is 12.1 Å². The minimum atomic E-state index is -0.741. The van der Waals surface area contributed by atoms with E-state index in [1.165, 1.54) is 0 Å². The molecule has 8 bridgehead atoms. The SMILES string of the molecule is C[C@H](O)CCCC[C@]12/C=C/C(=O)CCc3ccc(O)c(c3)OCCc3ccc(O)c(c3)[C@H]3CC(=O)c4cc[nH]c4CC#Cc4cc(C(N)N)c(cc43)CSSC[C@H](CC1)C2. The molecule has 60 heavy (non-hydrogen) atoms. The van der Waals surface area contributed by atoms with Crippen LogP contribution < -0.4 is 16.2 Å². The molecule has 0 spiro atoms. The minimum Gasteiger partial charge on any atom is -0.508 e. The maximum Gasteiger partial charge on any atom is 0.165 e. The number of benzene rings is 3. The smallest absolute Gasteiger partial charge is 0.165 e. The summed E-state index contributed by atoms with van der Waals surface area (Å²) in [6.07, 6.45) is 13.4. The van der Waals surface area contributed by atoms with E-state index in [0.29, 0.717) is 54.2 Å². The summed E-state index contributed by atoms with van der Waals surface area (Å²) in [5.74, 6) is 8.71. The van der Waals surface area contributed by atoms with Crippen LogP contribution >= 0.6 is 21.6 Å². The van der Waals surface area contributed by atoms with Crippen molar-refractivity contribution in [1.29, 1.82) is 0 Å². The number of carbonyl (C=O) groups excluding carboxylic acids is 2. The zero-order valence-electron chi connectivity index (χ0n) is 34.4. The zero-order valence-corrected chi connectivity index (χ0v) is 36.0. The number of unbranched alkanes of at least 4 members (excludes halogenated alkanes) is 1. The number of carbonyl (C=O) groups is 2. The van der Waals surface area contributed by atoms with Gasteiger partial charge in [-0.2, -0.15) is 0 Å². The highest BCUT2D eigenvalue weighted by Crippen LogP contribution is 2.49. The number of fused-ring (bicyclic) bond motifs is 9. The molecule has 0 amide bonds. The number of ether oxygens (including phenoxy) is 1. The highest BCUT2D eigenvalue weighted by molar-refractivity contribution is 8.76. The van der Waals surface area contributed by atoms with E-state index in [2.05, 4.69) is 29.0 Å². The van der Waals surface area contributed by atoms with Gasteiger partial charge in [-0.3, -0.25) is 9.59 Å². The Labute approximate surface area is 361 Å². The number of aromatic amines is 1. The Hall–Kier alpha value is -4.44. The van der Waals surface area contributed by atoms with Crippen LogP contribution in [0.2, 0.25) is 0 Å². The van der Waals surface area contributed by atoms with Gasteiger partial charge in [-0.1, -0.05) is 76.6 Å². The highest BCUT2D eigenvalue weighted by Gasteiger charge is 2.37. The predicted molar refractivity (Wildman–Crippen MR) is 241 cm³/mol. The van der Waals surface area contributed by atoms with Gasteiger partial charge in [-0.15, -0.1) is 0 Å². The van der Waals surface area contributed by atoms with Crippen LogP contribution in [0.3, 0.4) is 0 Å². The third kappa shape index (κ3) is 10.9. The summed E-state index contributed by atoms with van der Waals surface area (Å²) in [7, 11) is 3.61. The molecule has 11 heteroatoms. The van der Waals surface area contributed by atoms with Crippen molar-refractivity contribution in [2.75, 3.05) is 12.4 Å². The zero-order chi connectivity index (χ0) is 42.2. The van der Waals surface area contributed by atoms with E-state index in [-0.39, 0.29) is 47.6 Å². The Bertz CT molecular complexity index is 2270. The number of aromatic hydroxyl groups is 2. The first-order valence-electron chi connectivity index (χ1n) is 21.2. The van der Waals surface area contributed by atoms with E-state index in [4.69, 9.17) is 16.2 Å². The molecule has 2 aliphatic carbocycles. The molecule has 1 aromatic heterocycles. The number of nitrogens with two attached hydrogens (primary N) is 2. The lowest BCUT2D eigenvalue weighted by atomic mass is 9.79. The van der Waals surface area contributed by atoms with Gasteiger partial charge in [0, 0.05) is 65.3 Å². The van der Waals surface area contributed by atoms with Crippen LogP contribution in [0.1, 0.15) is 132 Å². The number of ketones is 2. The van der Waals surface area contributed by atoms with Crippen LogP contribution in [-0.4, -0.2) is 50.3 Å². The summed E-state index contributed by atoms with van der Waals surface area (Å²) in [4.78, 5) is 30.6. The first-order chi connectivity index (χ1) is 29.0. The lowest BCUT2D eigenvalue weighted by Crippen LogP contribution is -2.22. The van der Waals surface area contributed by atoms with Crippen molar-refractivity contribution in [3.8, 4) is 29.1 Å². The van der Waals surface area contributed by atoms with Crippen molar-refractivity contribution in [3.63, 3.8) is 0 Å². The number of H-pyrrole nitrogens is 1. The Balaban J connectivity index is 1.24. The second kappa shape index (κ2) is 20.0. The lowest BCUT2D eigenvalue weighted by molar-refractivity contribution is -0.114. The molecule has 4 aromatic rings. The molecule has 1 saturated carbocycles. The number of Topliss-reactive ketones (excluding diaryl/α,β-unsaturated/α-hetero) is 1. The summed E-state index contributed by atoms with van der Waals surface area (Å²) in [5, 5.41) is 32.1. The molecule has 2 heterocycles. The molecule has 0 unspecified atom stereocenters. The van der Waals surface area contributed by atoms with Gasteiger partial charge >= 0.3 is 0 Å². The Kier molecular flexibility index (Phi) is 14.5. The molecule has 8 N–H and O–H groups in total. The monoisotopic (exact) mass is 847 g/mol. The summed E-state index contributed by atoms with van der Waals surface area (Å²) >= 11 is 0. The maximum atomic E-state index is 14.1. The number of aromatic nitrogens is 1. The second-order valence-corrected chi connectivity index (χ2v) is 19.4. The van der Waals surface area contributed by atoms with Crippen molar-refractivity contribution in [2.45, 2.75) is 108 Å². The van der Waals surface area contributed by atoms with Crippen molar-refractivity contribution in [1.82, 2.24) is 4.98 Å². The number of nitrogens with one attached hydrogen (secondary N) is 1. The molecule has 316 valence electrons. The second-order valence-electron chi connectivity index (χ2n) is 16.9. The lowest BCUT2D eigenvalue weighted by Gasteiger charge is -2.26. The van der Waals surface area contributed by atoms with E-state index in [9.17, 15) is 24.9 Å². The summed E-state index contributed by atoms with van der Waals surface area (Å²) < 4.78 is 6.13. The number of hydrogen-bond acceptors (Lipinski definition) is 10. The molecular weight excluding hydrogens is 791 g/mol. The van der Waals surface area contributed by atoms with Crippen LogP contribution in [0.5, 0.6) is 17.2 Å². The molecule has 4 atom stereocenters. The first-order valence-corrected chi connectivity index (χ1v) is 23.7. The Morgan fingerprint density at radius 1 is 0.967 bits per heavy atom. The molecule has 3 aromatic carbocycles. The largest absolute Gasteiger partial charge is 0.508 e. The number of hydrogen-bond donors (Lipinski definition) is 6. The van der Waals surface area contributed by atoms with Crippen LogP contribution in [0.4, 0.5) is 0 Å². The number of aliphatic hydroxyl groups excluding tert-OH is 1. The number of rotatable bonds is 6. The predicted octanol–water partition coefficient (Wildman–Crippen LogP) is 8.96. The molecule has 7 rings (SSSR count). The normalized spacial score (nSPS) is 22.4. The molecule has 0 saturated heterocycles. The molecule has 1 aliphatic heterocycles. The minimum absolute atomic E-state index is 0.0209. The molecule has 9 nitrogen and oxygen atoms in total.